The molecule has 2 aliphatic carbocycles. The van der Waals surface area contributed by atoms with Gasteiger partial charge in [0, 0.05) is 19.0 Å². The zero-order chi connectivity index (χ0) is 23.3. The van der Waals surface area contributed by atoms with Crippen LogP contribution in [0.15, 0.2) is 36.4 Å². The summed E-state index contributed by atoms with van der Waals surface area (Å²) in [5, 5.41) is 15.8. The van der Waals surface area contributed by atoms with Crippen molar-refractivity contribution >= 4 is 22.7 Å². The van der Waals surface area contributed by atoms with E-state index in [-0.39, 0.29) is 17.4 Å². The Hall–Kier alpha value is -2.93. The van der Waals surface area contributed by atoms with Gasteiger partial charge in [0.05, 0.1) is 34.2 Å². The minimum absolute atomic E-state index is 0.0448. The second-order valence-corrected chi connectivity index (χ2v) is 10.4. The van der Waals surface area contributed by atoms with E-state index < -0.39 is 5.97 Å². The van der Waals surface area contributed by atoms with E-state index in [4.69, 9.17) is 9.84 Å². The number of aromatic carboxylic acids is 1. The second-order valence-electron chi connectivity index (χ2n) is 10.4. The normalized spacial score (nSPS) is 21.0. The molecule has 1 aromatic carbocycles. The molecule has 174 valence electrons. The van der Waals surface area contributed by atoms with Crippen molar-refractivity contribution < 1.29 is 14.6 Å². The fraction of sp³-hybridized carbons (Fsp3) is 0.500. The van der Waals surface area contributed by atoms with Crippen molar-refractivity contribution in [3.8, 4) is 5.69 Å². The van der Waals surface area contributed by atoms with Crippen molar-refractivity contribution in [2.75, 3.05) is 11.9 Å². The predicted octanol–water partition coefficient (Wildman–Crippen LogP) is 5.17. The Kier molecular flexibility index (Phi) is 5.40. The summed E-state index contributed by atoms with van der Waals surface area (Å²) in [6, 6.07) is 11.9. The summed E-state index contributed by atoms with van der Waals surface area (Å²) in [5.41, 5.74) is 3.33. The molecule has 2 saturated carbocycles. The number of carboxylic acids is 1. The quantitative estimate of drug-likeness (QED) is 0.560. The van der Waals surface area contributed by atoms with Crippen LogP contribution < -0.4 is 4.90 Å². The number of benzene rings is 1. The van der Waals surface area contributed by atoms with E-state index in [1.54, 1.807) is 6.07 Å². The minimum Gasteiger partial charge on any atom is -0.477 e. The van der Waals surface area contributed by atoms with Crippen molar-refractivity contribution in [2.24, 2.45) is 0 Å². The molecule has 2 heterocycles. The molecule has 0 unspecified atom stereocenters. The van der Waals surface area contributed by atoms with Gasteiger partial charge in [-0.1, -0.05) is 24.6 Å². The van der Waals surface area contributed by atoms with Gasteiger partial charge in [-0.2, -0.15) is 5.10 Å². The molecule has 7 nitrogen and oxygen atoms in total. The number of hydrogen-bond donors (Lipinski definition) is 1. The standard InChI is InChI=1S/C26H32N4O3/c1-26(2,3)33-19-13-18(14-19)29(4)21-15-20(25(31)32)27-24-22(21)23(16-9-8-10-16)28-30(24)17-11-6-5-7-12-17/h5-7,11-12,15-16,18-19H,8-10,13-14H2,1-4H3,(H,31,32). The molecular formula is C26H32N4O3. The molecule has 3 aromatic rings. The van der Waals surface area contributed by atoms with Crippen molar-refractivity contribution in [2.45, 2.75) is 76.5 Å². The number of aromatic nitrogens is 3. The number of carbonyl (C=O) groups is 1. The largest absolute Gasteiger partial charge is 0.477 e. The van der Waals surface area contributed by atoms with Crippen LogP contribution in [0.5, 0.6) is 0 Å². The fourth-order valence-corrected chi connectivity index (χ4v) is 4.87. The maximum absolute atomic E-state index is 12.0. The lowest BCUT2D eigenvalue weighted by Gasteiger charge is -2.44. The number of hydrogen-bond acceptors (Lipinski definition) is 5. The lowest BCUT2D eigenvalue weighted by atomic mass is 9.81. The number of para-hydroxylation sites is 1. The van der Waals surface area contributed by atoms with Crippen LogP contribution in [0.3, 0.4) is 0 Å². The van der Waals surface area contributed by atoms with Crippen LogP contribution in [0.25, 0.3) is 16.7 Å². The van der Waals surface area contributed by atoms with Crippen LogP contribution in [-0.2, 0) is 4.74 Å². The summed E-state index contributed by atoms with van der Waals surface area (Å²) in [7, 11) is 2.06. The monoisotopic (exact) mass is 448 g/mol. The molecule has 33 heavy (non-hydrogen) atoms. The minimum atomic E-state index is -1.03. The fourth-order valence-electron chi connectivity index (χ4n) is 4.87. The molecule has 0 atom stereocenters. The van der Waals surface area contributed by atoms with Crippen molar-refractivity contribution in [1.29, 1.82) is 0 Å². The predicted molar refractivity (Wildman–Crippen MR) is 128 cm³/mol. The third-order valence-electron chi connectivity index (χ3n) is 6.87. The lowest BCUT2D eigenvalue weighted by molar-refractivity contribution is -0.0981. The highest BCUT2D eigenvalue weighted by Crippen LogP contribution is 2.44. The molecule has 2 aliphatic rings. The maximum atomic E-state index is 12.0. The van der Waals surface area contributed by atoms with Crippen LogP contribution >= 0.6 is 0 Å². The Balaban J connectivity index is 1.60. The third-order valence-corrected chi connectivity index (χ3v) is 6.87. The number of fused-ring (bicyclic) bond motifs is 1. The van der Waals surface area contributed by atoms with Gasteiger partial charge in [0.1, 0.15) is 0 Å². The SMILES string of the molecule is CN(c1cc(C(=O)O)nc2c1c(C1CCC1)nn2-c1ccccc1)C1CC(OC(C)(C)C)C1. The molecule has 0 amide bonds. The number of anilines is 1. The highest BCUT2D eigenvalue weighted by Gasteiger charge is 2.37. The summed E-state index contributed by atoms with van der Waals surface area (Å²) in [4.78, 5) is 18.8. The molecule has 1 N–H and O–H groups in total. The maximum Gasteiger partial charge on any atom is 0.354 e. The first-order chi connectivity index (χ1) is 15.7. The van der Waals surface area contributed by atoms with Gasteiger partial charge in [0.15, 0.2) is 11.3 Å². The van der Waals surface area contributed by atoms with Gasteiger partial charge in [-0.25, -0.2) is 14.5 Å². The van der Waals surface area contributed by atoms with Crippen molar-refractivity contribution in [3.05, 3.63) is 47.8 Å². The van der Waals surface area contributed by atoms with Gasteiger partial charge in [-0.15, -0.1) is 0 Å². The summed E-state index contributed by atoms with van der Waals surface area (Å²) >= 11 is 0. The first-order valence-corrected chi connectivity index (χ1v) is 11.8. The molecule has 0 aliphatic heterocycles. The Labute approximate surface area is 194 Å². The Morgan fingerprint density at radius 1 is 1.18 bits per heavy atom. The highest BCUT2D eigenvalue weighted by atomic mass is 16.5. The highest BCUT2D eigenvalue weighted by molar-refractivity contribution is 5.98. The van der Waals surface area contributed by atoms with Gasteiger partial charge >= 0.3 is 5.97 Å². The first-order valence-electron chi connectivity index (χ1n) is 11.8. The zero-order valence-corrected chi connectivity index (χ0v) is 19.8. The van der Waals surface area contributed by atoms with E-state index in [0.29, 0.717) is 17.6 Å². The average molecular weight is 449 g/mol. The molecular weight excluding hydrogens is 416 g/mol. The Morgan fingerprint density at radius 2 is 1.88 bits per heavy atom. The van der Waals surface area contributed by atoms with Gasteiger partial charge in [0.2, 0.25) is 0 Å². The van der Waals surface area contributed by atoms with Crippen molar-refractivity contribution in [3.63, 3.8) is 0 Å². The van der Waals surface area contributed by atoms with E-state index in [1.807, 2.05) is 35.0 Å². The number of ether oxygens (including phenoxy) is 1. The molecule has 0 radical (unpaired) electrons. The van der Waals surface area contributed by atoms with E-state index >= 15 is 0 Å². The van der Waals surface area contributed by atoms with Gasteiger partial charge in [0.25, 0.3) is 0 Å². The van der Waals surface area contributed by atoms with E-state index in [0.717, 1.165) is 48.1 Å². The Morgan fingerprint density at radius 3 is 2.45 bits per heavy atom. The summed E-state index contributed by atoms with van der Waals surface area (Å²) < 4.78 is 7.96. The number of carboxylic acid groups (broad SMARTS) is 1. The number of pyridine rings is 1. The molecule has 5 rings (SSSR count). The summed E-state index contributed by atoms with van der Waals surface area (Å²) in [6.45, 7) is 6.25. The zero-order valence-electron chi connectivity index (χ0n) is 19.8. The third kappa shape index (κ3) is 4.10. The molecule has 0 bridgehead atoms. The van der Waals surface area contributed by atoms with Crippen LogP contribution in [0.1, 0.15) is 75.0 Å². The van der Waals surface area contributed by atoms with Gasteiger partial charge in [-0.05, 0) is 64.7 Å². The molecule has 2 fully saturated rings. The van der Waals surface area contributed by atoms with E-state index in [1.165, 1.54) is 6.42 Å². The number of rotatable bonds is 6. The Bertz CT molecular complexity index is 1170. The van der Waals surface area contributed by atoms with Crippen LogP contribution in [0, 0.1) is 0 Å². The molecule has 0 spiro atoms. The smallest absolute Gasteiger partial charge is 0.354 e. The second kappa shape index (κ2) is 8.13. The molecule has 0 saturated heterocycles. The summed E-state index contributed by atoms with van der Waals surface area (Å²) in [5.74, 6) is -0.638. The van der Waals surface area contributed by atoms with Crippen LogP contribution in [-0.4, -0.2) is 50.6 Å². The van der Waals surface area contributed by atoms with E-state index in [9.17, 15) is 9.90 Å². The average Bonchev–Trinajstić information content (AvgIpc) is 3.07. The van der Waals surface area contributed by atoms with Crippen LogP contribution in [0.4, 0.5) is 5.69 Å². The first kappa shape index (κ1) is 21.9. The number of nitrogens with zero attached hydrogens (tertiary/aromatic N) is 4. The van der Waals surface area contributed by atoms with E-state index in [2.05, 4.69) is 37.7 Å². The van der Waals surface area contributed by atoms with Crippen LogP contribution in [0.2, 0.25) is 0 Å². The van der Waals surface area contributed by atoms with Gasteiger partial charge in [-0.3, -0.25) is 0 Å². The van der Waals surface area contributed by atoms with Crippen molar-refractivity contribution in [1.82, 2.24) is 14.8 Å². The topological polar surface area (TPSA) is 80.5 Å². The summed E-state index contributed by atoms with van der Waals surface area (Å²) in [6.07, 6.45) is 5.49. The molecule has 7 heteroatoms. The van der Waals surface area contributed by atoms with Gasteiger partial charge < -0.3 is 14.7 Å². The lowest BCUT2D eigenvalue weighted by Crippen LogP contribution is -2.48. The molecule has 2 aromatic heterocycles.